The van der Waals surface area contributed by atoms with E-state index in [1.807, 2.05) is 37.5 Å². The summed E-state index contributed by atoms with van der Waals surface area (Å²) in [6, 6.07) is 8.30. The zero-order valence-corrected chi connectivity index (χ0v) is 13.2. The number of aromatic nitrogens is 1. The van der Waals surface area contributed by atoms with E-state index < -0.39 is 0 Å². The minimum absolute atomic E-state index is 0.331. The molecule has 0 saturated heterocycles. The molecule has 1 atom stereocenters. The van der Waals surface area contributed by atoms with Crippen molar-refractivity contribution in [3.8, 4) is 5.75 Å². The summed E-state index contributed by atoms with van der Waals surface area (Å²) >= 11 is 1.70. The molecule has 1 unspecified atom stereocenters. The number of benzene rings is 1. The second-order valence-corrected chi connectivity index (χ2v) is 5.60. The molecule has 0 spiro atoms. The molecular formula is C15H21N3OS. The Morgan fingerprint density at radius 3 is 2.85 bits per heavy atom. The van der Waals surface area contributed by atoms with E-state index in [4.69, 9.17) is 4.74 Å². The van der Waals surface area contributed by atoms with Gasteiger partial charge in [0.05, 0.1) is 12.8 Å². The Bertz CT molecular complexity index is 556. The average molecular weight is 291 g/mol. The van der Waals surface area contributed by atoms with Crippen LogP contribution in [0.25, 0.3) is 0 Å². The predicted molar refractivity (Wildman–Crippen MR) is 85.3 cm³/mol. The highest BCUT2D eigenvalue weighted by molar-refractivity contribution is 7.15. The first kappa shape index (κ1) is 14.8. The number of anilines is 2. The molecule has 0 fully saturated rings. The van der Waals surface area contributed by atoms with Gasteiger partial charge in [-0.25, -0.2) is 4.98 Å². The number of hydrogen-bond donors (Lipinski definition) is 1. The van der Waals surface area contributed by atoms with Crippen LogP contribution in [-0.4, -0.2) is 25.7 Å². The molecule has 5 heteroatoms. The maximum atomic E-state index is 5.40. The van der Waals surface area contributed by atoms with Gasteiger partial charge in [0.15, 0.2) is 5.13 Å². The third kappa shape index (κ3) is 3.11. The molecule has 1 N–H and O–H groups in total. The molecule has 2 aromatic rings. The van der Waals surface area contributed by atoms with Gasteiger partial charge in [-0.3, -0.25) is 0 Å². The normalized spacial score (nSPS) is 12.2. The van der Waals surface area contributed by atoms with Crippen LogP contribution in [0.1, 0.15) is 24.8 Å². The fraction of sp³-hybridized carbons (Fsp3) is 0.400. The van der Waals surface area contributed by atoms with E-state index in [1.165, 1.54) is 4.88 Å². The fourth-order valence-corrected chi connectivity index (χ4v) is 2.97. The van der Waals surface area contributed by atoms with E-state index in [1.54, 1.807) is 18.4 Å². The van der Waals surface area contributed by atoms with Crippen LogP contribution >= 0.6 is 11.3 Å². The van der Waals surface area contributed by atoms with E-state index in [0.29, 0.717) is 6.04 Å². The van der Waals surface area contributed by atoms with Gasteiger partial charge in [0.25, 0.3) is 0 Å². The largest absolute Gasteiger partial charge is 0.495 e. The standard InChI is InChI=1S/C15H21N3OS/c1-5-16-11(2)14-10-17-15(20-14)18(3)12-8-6-7-9-13(12)19-4/h6-11,16H,5H2,1-4H3. The van der Waals surface area contributed by atoms with E-state index in [0.717, 1.165) is 23.1 Å². The van der Waals surface area contributed by atoms with Crippen LogP contribution in [0.4, 0.5) is 10.8 Å². The van der Waals surface area contributed by atoms with Crippen LogP contribution in [-0.2, 0) is 0 Å². The molecule has 1 aromatic heterocycles. The summed E-state index contributed by atoms with van der Waals surface area (Å²) < 4.78 is 5.40. The second kappa shape index (κ2) is 6.72. The van der Waals surface area contributed by atoms with Gasteiger partial charge in [-0.05, 0) is 25.6 Å². The van der Waals surface area contributed by atoms with E-state index >= 15 is 0 Å². The van der Waals surface area contributed by atoms with Crippen molar-refractivity contribution in [2.24, 2.45) is 0 Å². The lowest BCUT2D eigenvalue weighted by Crippen LogP contribution is -2.16. The first-order valence-corrected chi connectivity index (χ1v) is 7.54. The molecule has 108 valence electrons. The molecule has 1 heterocycles. The van der Waals surface area contributed by atoms with Crippen LogP contribution in [0.15, 0.2) is 30.5 Å². The smallest absolute Gasteiger partial charge is 0.189 e. The molecule has 0 aliphatic carbocycles. The lowest BCUT2D eigenvalue weighted by Gasteiger charge is -2.18. The molecule has 0 bridgehead atoms. The molecule has 0 saturated carbocycles. The molecule has 0 aliphatic rings. The molecular weight excluding hydrogens is 270 g/mol. The number of hydrogen-bond acceptors (Lipinski definition) is 5. The molecule has 0 aliphatic heterocycles. The van der Waals surface area contributed by atoms with Gasteiger partial charge >= 0.3 is 0 Å². The number of rotatable bonds is 6. The Balaban J connectivity index is 2.23. The molecule has 0 amide bonds. The van der Waals surface area contributed by atoms with Gasteiger partial charge in [0.1, 0.15) is 5.75 Å². The lowest BCUT2D eigenvalue weighted by molar-refractivity contribution is 0.415. The van der Waals surface area contributed by atoms with Gasteiger partial charge in [0, 0.05) is 24.2 Å². The third-order valence-corrected chi connectivity index (χ3v) is 4.44. The fourth-order valence-electron chi connectivity index (χ4n) is 2.05. The first-order valence-electron chi connectivity index (χ1n) is 6.73. The van der Waals surface area contributed by atoms with E-state index in [-0.39, 0.29) is 0 Å². The zero-order chi connectivity index (χ0) is 14.5. The van der Waals surface area contributed by atoms with Crippen molar-refractivity contribution >= 4 is 22.2 Å². The van der Waals surface area contributed by atoms with Crippen molar-refractivity contribution in [2.75, 3.05) is 25.6 Å². The Hall–Kier alpha value is -1.59. The monoisotopic (exact) mass is 291 g/mol. The predicted octanol–water partition coefficient (Wildman–Crippen LogP) is 3.59. The van der Waals surface area contributed by atoms with Crippen molar-refractivity contribution in [3.63, 3.8) is 0 Å². The number of ether oxygens (including phenoxy) is 1. The van der Waals surface area contributed by atoms with E-state index in [2.05, 4.69) is 29.0 Å². The molecule has 4 nitrogen and oxygen atoms in total. The lowest BCUT2D eigenvalue weighted by atomic mass is 10.3. The zero-order valence-electron chi connectivity index (χ0n) is 12.4. The number of methoxy groups -OCH3 is 1. The summed E-state index contributed by atoms with van der Waals surface area (Å²) in [6.45, 7) is 5.22. The maximum absolute atomic E-state index is 5.40. The van der Waals surface area contributed by atoms with Crippen LogP contribution in [0.3, 0.4) is 0 Å². The van der Waals surface area contributed by atoms with Gasteiger partial charge in [0.2, 0.25) is 0 Å². The quantitative estimate of drug-likeness (QED) is 0.882. The molecule has 0 radical (unpaired) electrons. The summed E-state index contributed by atoms with van der Waals surface area (Å²) in [5.41, 5.74) is 1.02. The first-order chi connectivity index (χ1) is 9.67. The van der Waals surface area contributed by atoms with Crippen LogP contribution < -0.4 is 15.0 Å². The van der Waals surface area contributed by atoms with Crippen molar-refractivity contribution in [2.45, 2.75) is 19.9 Å². The minimum Gasteiger partial charge on any atom is -0.495 e. The van der Waals surface area contributed by atoms with Crippen molar-refractivity contribution in [1.29, 1.82) is 0 Å². The Kier molecular flexibility index (Phi) is 4.98. The number of thiazole rings is 1. The van der Waals surface area contributed by atoms with Crippen molar-refractivity contribution in [3.05, 3.63) is 35.3 Å². The van der Waals surface area contributed by atoms with Gasteiger partial charge in [-0.2, -0.15) is 0 Å². The summed E-state index contributed by atoms with van der Waals surface area (Å²) in [5.74, 6) is 0.853. The molecule has 2 rings (SSSR count). The van der Waals surface area contributed by atoms with E-state index in [9.17, 15) is 0 Å². The Morgan fingerprint density at radius 2 is 2.15 bits per heavy atom. The van der Waals surface area contributed by atoms with Crippen LogP contribution in [0, 0.1) is 0 Å². The summed E-state index contributed by atoms with van der Waals surface area (Å²) in [4.78, 5) is 7.82. The topological polar surface area (TPSA) is 37.4 Å². The number of nitrogens with zero attached hydrogens (tertiary/aromatic N) is 2. The second-order valence-electron chi connectivity index (χ2n) is 4.56. The Labute approximate surface area is 124 Å². The third-order valence-electron chi connectivity index (χ3n) is 3.18. The SMILES string of the molecule is CCNC(C)c1cnc(N(C)c2ccccc2OC)s1. The van der Waals surface area contributed by atoms with Crippen molar-refractivity contribution in [1.82, 2.24) is 10.3 Å². The molecule has 20 heavy (non-hydrogen) atoms. The summed E-state index contributed by atoms with van der Waals surface area (Å²) in [7, 11) is 3.70. The number of para-hydroxylation sites is 2. The molecule has 1 aromatic carbocycles. The van der Waals surface area contributed by atoms with Gasteiger partial charge < -0.3 is 15.0 Å². The summed E-state index contributed by atoms with van der Waals surface area (Å²) in [6.07, 6.45) is 1.94. The number of nitrogens with one attached hydrogen (secondary N) is 1. The Morgan fingerprint density at radius 1 is 1.40 bits per heavy atom. The van der Waals surface area contributed by atoms with Crippen molar-refractivity contribution < 1.29 is 4.74 Å². The minimum atomic E-state index is 0.331. The van der Waals surface area contributed by atoms with Gasteiger partial charge in [-0.1, -0.05) is 30.4 Å². The maximum Gasteiger partial charge on any atom is 0.189 e. The highest BCUT2D eigenvalue weighted by atomic mass is 32.1. The highest BCUT2D eigenvalue weighted by Crippen LogP contribution is 2.35. The van der Waals surface area contributed by atoms with Crippen LogP contribution in [0.5, 0.6) is 5.75 Å². The summed E-state index contributed by atoms with van der Waals surface area (Å²) in [5, 5.41) is 4.37. The van der Waals surface area contributed by atoms with Gasteiger partial charge in [-0.15, -0.1) is 0 Å². The van der Waals surface area contributed by atoms with Crippen LogP contribution in [0.2, 0.25) is 0 Å². The average Bonchev–Trinajstić information content (AvgIpc) is 2.96. The highest BCUT2D eigenvalue weighted by Gasteiger charge is 2.15.